The van der Waals surface area contributed by atoms with Gasteiger partial charge in [-0.15, -0.1) is 0 Å². The Hall–Kier alpha value is -1.32. The molecule has 4 nitrogen and oxygen atoms in total. The van der Waals surface area contributed by atoms with E-state index in [0.717, 1.165) is 32.1 Å². The Bertz CT molecular complexity index is 574. The molecule has 0 aliphatic heterocycles. The molecule has 0 radical (unpaired) electrons. The number of hydrogen-bond acceptors (Lipinski definition) is 4. The van der Waals surface area contributed by atoms with Crippen LogP contribution in [0.2, 0.25) is 0 Å². The molecule has 0 bridgehead atoms. The third-order valence-electron chi connectivity index (χ3n) is 6.58. The fourth-order valence-electron chi connectivity index (χ4n) is 4.75. The fourth-order valence-corrected chi connectivity index (χ4v) is 4.75. The standard InChI is InChI=1S/C28H50O4/c1-7-8-9-10-11-12-13-16-20-31-25(29)24-17-14-15-19-28(24,6)26(30)32-21-18-23(2)22-27(3,4)5/h15,19,23-24H,7-14,16-18,20-22H2,1-6H3. The van der Waals surface area contributed by atoms with Gasteiger partial charge in [-0.05, 0) is 50.4 Å². The van der Waals surface area contributed by atoms with Gasteiger partial charge in [0.15, 0.2) is 0 Å². The lowest BCUT2D eigenvalue weighted by molar-refractivity contribution is -0.166. The minimum absolute atomic E-state index is 0.252. The Labute approximate surface area is 197 Å². The van der Waals surface area contributed by atoms with Crippen LogP contribution in [-0.4, -0.2) is 25.2 Å². The first-order valence-corrected chi connectivity index (χ1v) is 13.1. The maximum absolute atomic E-state index is 12.9. The molecule has 0 saturated heterocycles. The van der Waals surface area contributed by atoms with Crippen molar-refractivity contribution in [3.05, 3.63) is 12.2 Å². The van der Waals surface area contributed by atoms with Gasteiger partial charge in [0.2, 0.25) is 0 Å². The summed E-state index contributed by atoms with van der Waals surface area (Å²) >= 11 is 0. The van der Waals surface area contributed by atoms with Gasteiger partial charge in [-0.2, -0.15) is 0 Å². The van der Waals surface area contributed by atoms with Crippen molar-refractivity contribution in [3.8, 4) is 0 Å². The first kappa shape index (κ1) is 28.7. The van der Waals surface area contributed by atoms with E-state index < -0.39 is 11.3 Å². The third kappa shape index (κ3) is 11.0. The maximum atomic E-state index is 12.9. The van der Waals surface area contributed by atoms with Crippen LogP contribution in [0, 0.1) is 22.7 Å². The summed E-state index contributed by atoms with van der Waals surface area (Å²) in [6, 6.07) is 0. The van der Waals surface area contributed by atoms with Crippen LogP contribution in [0.1, 0.15) is 119 Å². The zero-order valence-corrected chi connectivity index (χ0v) is 21.8. The summed E-state index contributed by atoms with van der Waals surface area (Å²) in [5.74, 6) is -0.519. The van der Waals surface area contributed by atoms with E-state index >= 15 is 0 Å². The van der Waals surface area contributed by atoms with Crippen LogP contribution in [0.15, 0.2) is 12.2 Å². The number of ether oxygens (including phenoxy) is 2. The molecule has 0 heterocycles. The lowest BCUT2D eigenvalue weighted by atomic mass is 9.71. The zero-order chi connectivity index (χ0) is 24.0. The van der Waals surface area contributed by atoms with E-state index in [0.29, 0.717) is 25.6 Å². The third-order valence-corrected chi connectivity index (χ3v) is 6.58. The van der Waals surface area contributed by atoms with Gasteiger partial charge in [-0.25, -0.2) is 0 Å². The topological polar surface area (TPSA) is 52.6 Å². The number of hydrogen-bond donors (Lipinski definition) is 0. The number of rotatable bonds is 15. The Morgan fingerprint density at radius 1 is 1.00 bits per heavy atom. The molecule has 0 fully saturated rings. The Balaban J connectivity index is 2.41. The molecule has 0 spiro atoms. The molecule has 0 saturated carbocycles. The molecule has 1 rings (SSSR count). The molecule has 0 amide bonds. The molecule has 0 aromatic rings. The summed E-state index contributed by atoms with van der Waals surface area (Å²) < 4.78 is 11.2. The van der Waals surface area contributed by atoms with Gasteiger partial charge in [-0.1, -0.05) is 91.7 Å². The molecule has 3 atom stereocenters. The van der Waals surface area contributed by atoms with Gasteiger partial charge < -0.3 is 9.47 Å². The minimum Gasteiger partial charge on any atom is -0.465 e. The highest BCUT2D eigenvalue weighted by Gasteiger charge is 2.46. The molecule has 4 heteroatoms. The highest BCUT2D eigenvalue weighted by molar-refractivity contribution is 5.87. The Morgan fingerprint density at radius 3 is 2.25 bits per heavy atom. The number of unbranched alkanes of at least 4 members (excludes halogenated alkanes) is 7. The lowest BCUT2D eigenvalue weighted by Crippen LogP contribution is -2.42. The SMILES string of the molecule is CCCCCCCCCCOC(=O)C1CCC=CC1(C)C(=O)OCCC(C)CC(C)(C)C. The molecule has 186 valence electrons. The number of carbonyl (C=O) groups is 2. The number of esters is 2. The summed E-state index contributed by atoms with van der Waals surface area (Å²) in [7, 11) is 0. The van der Waals surface area contributed by atoms with Gasteiger partial charge >= 0.3 is 11.9 Å². The first-order chi connectivity index (χ1) is 15.1. The average molecular weight is 451 g/mol. The van der Waals surface area contributed by atoms with E-state index in [2.05, 4.69) is 34.6 Å². The van der Waals surface area contributed by atoms with Crippen molar-refractivity contribution >= 4 is 11.9 Å². The van der Waals surface area contributed by atoms with Crippen LogP contribution in [0.4, 0.5) is 0 Å². The normalized spacial score (nSPS) is 21.9. The molecule has 32 heavy (non-hydrogen) atoms. The van der Waals surface area contributed by atoms with E-state index in [1.54, 1.807) is 0 Å². The van der Waals surface area contributed by atoms with Crippen molar-refractivity contribution in [2.45, 2.75) is 119 Å². The summed E-state index contributed by atoms with van der Waals surface area (Å²) in [5, 5.41) is 0. The van der Waals surface area contributed by atoms with E-state index in [1.807, 2.05) is 19.1 Å². The fraction of sp³-hybridized carbons (Fsp3) is 0.857. The van der Waals surface area contributed by atoms with Crippen molar-refractivity contribution in [1.82, 2.24) is 0 Å². The smallest absolute Gasteiger partial charge is 0.316 e. The van der Waals surface area contributed by atoms with Gasteiger partial charge in [0.1, 0.15) is 0 Å². The number of allylic oxidation sites excluding steroid dienone is 1. The summed E-state index contributed by atoms with van der Waals surface area (Å²) in [4.78, 5) is 25.7. The lowest BCUT2D eigenvalue weighted by Gasteiger charge is -2.34. The molecule has 1 aliphatic rings. The molecule has 3 unspecified atom stereocenters. The number of carbonyl (C=O) groups excluding carboxylic acids is 2. The second-order valence-electron chi connectivity index (χ2n) is 11.3. The molecule has 0 aromatic heterocycles. The quantitative estimate of drug-likeness (QED) is 0.146. The van der Waals surface area contributed by atoms with E-state index in [9.17, 15) is 9.59 Å². The predicted octanol–water partition coefficient (Wildman–Crippen LogP) is 7.65. The van der Waals surface area contributed by atoms with Gasteiger partial charge in [-0.3, -0.25) is 9.59 Å². The first-order valence-electron chi connectivity index (χ1n) is 13.1. The highest BCUT2D eigenvalue weighted by Crippen LogP contribution is 2.39. The van der Waals surface area contributed by atoms with Crippen LogP contribution in [0.25, 0.3) is 0 Å². The van der Waals surface area contributed by atoms with Crippen LogP contribution in [-0.2, 0) is 19.1 Å². The van der Waals surface area contributed by atoms with E-state index in [1.165, 1.54) is 38.5 Å². The van der Waals surface area contributed by atoms with Crippen LogP contribution < -0.4 is 0 Å². The van der Waals surface area contributed by atoms with E-state index in [-0.39, 0.29) is 17.4 Å². The molecular weight excluding hydrogens is 400 g/mol. The Kier molecular flexibility index (Phi) is 13.2. The van der Waals surface area contributed by atoms with Crippen LogP contribution in [0.3, 0.4) is 0 Å². The Morgan fingerprint density at radius 2 is 1.62 bits per heavy atom. The summed E-state index contributed by atoms with van der Waals surface area (Å²) in [6.07, 6.45) is 16.9. The monoisotopic (exact) mass is 450 g/mol. The van der Waals surface area contributed by atoms with Crippen molar-refractivity contribution in [2.24, 2.45) is 22.7 Å². The van der Waals surface area contributed by atoms with Crippen molar-refractivity contribution in [2.75, 3.05) is 13.2 Å². The summed E-state index contributed by atoms with van der Waals surface area (Å²) in [5.41, 5.74) is -0.659. The molecular formula is C28H50O4. The van der Waals surface area contributed by atoms with Crippen molar-refractivity contribution in [1.29, 1.82) is 0 Å². The zero-order valence-electron chi connectivity index (χ0n) is 21.8. The van der Waals surface area contributed by atoms with Gasteiger partial charge in [0.05, 0.1) is 24.5 Å². The molecule has 0 aromatic carbocycles. The average Bonchev–Trinajstić information content (AvgIpc) is 2.71. The minimum atomic E-state index is -0.929. The maximum Gasteiger partial charge on any atom is 0.316 e. The largest absolute Gasteiger partial charge is 0.465 e. The molecule has 1 aliphatic carbocycles. The predicted molar refractivity (Wildman–Crippen MR) is 132 cm³/mol. The van der Waals surface area contributed by atoms with Crippen LogP contribution >= 0.6 is 0 Å². The van der Waals surface area contributed by atoms with Crippen molar-refractivity contribution < 1.29 is 19.1 Å². The highest BCUT2D eigenvalue weighted by atomic mass is 16.5. The van der Waals surface area contributed by atoms with E-state index in [4.69, 9.17) is 9.47 Å². The van der Waals surface area contributed by atoms with Crippen LogP contribution in [0.5, 0.6) is 0 Å². The van der Waals surface area contributed by atoms with Gasteiger partial charge in [0.25, 0.3) is 0 Å². The van der Waals surface area contributed by atoms with Gasteiger partial charge in [0, 0.05) is 0 Å². The van der Waals surface area contributed by atoms with Crippen molar-refractivity contribution in [3.63, 3.8) is 0 Å². The summed E-state index contributed by atoms with van der Waals surface area (Å²) in [6.45, 7) is 13.8. The molecule has 0 N–H and O–H groups in total. The second kappa shape index (κ2) is 14.8. The second-order valence-corrected chi connectivity index (χ2v) is 11.3.